The Labute approximate surface area is 235 Å². The minimum Gasteiger partial charge on any atom is -0.366 e. The summed E-state index contributed by atoms with van der Waals surface area (Å²) in [5.41, 5.74) is 3.72. The Balaban J connectivity index is 1.42. The van der Waals surface area contributed by atoms with E-state index in [1.54, 1.807) is 13.1 Å². The van der Waals surface area contributed by atoms with Gasteiger partial charge in [0.2, 0.25) is 5.91 Å². The molecule has 1 saturated carbocycles. The Morgan fingerprint density at radius 3 is 2.80 bits per heavy atom. The summed E-state index contributed by atoms with van der Waals surface area (Å²) in [6, 6.07) is 6.63. The van der Waals surface area contributed by atoms with Crippen LogP contribution in [0.3, 0.4) is 0 Å². The van der Waals surface area contributed by atoms with Gasteiger partial charge in [-0.3, -0.25) is 9.78 Å². The first kappa shape index (κ1) is 27.0. The average molecular weight is 568 g/mol. The Hall–Kier alpha value is -3.24. The first-order valence-electron chi connectivity index (χ1n) is 13.8. The molecule has 2 aromatic heterocycles. The molecule has 4 heterocycles. The van der Waals surface area contributed by atoms with Gasteiger partial charge in [0.15, 0.2) is 0 Å². The number of hydrogen-bond acceptors (Lipinski definition) is 6. The second-order valence-electron chi connectivity index (χ2n) is 11.2. The molecule has 210 valence electrons. The zero-order chi connectivity index (χ0) is 28.1. The van der Waals surface area contributed by atoms with Gasteiger partial charge in [-0.05, 0) is 81.4 Å². The van der Waals surface area contributed by atoms with E-state index < -0.39 is 11.7 Å². The zero-order valence-corrected chi connectivity index (χ0v) is 23.1. The summed E-state index contributed by atoms with van der Waals surface area (Å²) >= 11 is 1.44. The lowest BCUT2D eigenvalue weighted by molar-refractivity contribution is -0.137. The van der Waals surface area contributed by atoms with E-state index in [0.29, 0.717) is 23.1 Å². The largest absolute Gasteiger partial charge is 0.416 e. The minimum atomic E-state index is -4.45. The average Bonchev–Trinajstić information content (AvgIpc) is 3.55. The van der Waals surface area contributed by atoms with Crippen molar-refractivity contribution in [1.29, 1.82) is 5.41 Å². The Bertz CT molecular complexity index is 1510. The number of amides is 1. The maximum absolute atomic E-state index is 14.1. The van der Waals surface area contributed by atoms with Gasteiger partial charge in [0.05, 0.1) is 22.3 Å². The highest BCUT2D eigenvalue weighted by Gasteiger charge is 2.46. The van der Waals surface area contributed by atoms with Gasteiger partial charge in [0, 0.05) is 64.3 Å². The number of pyridine rings is 1. The van der Waals surface area contributed by atoms with Gasteiger partial charge in [0.1, 0.15) is 0 Å². The molecule has 1 aliphatic carbocycles. The number of benzene rings is 1. The van der Waals surface area contributed by atoms with Gasteiger partial charge in [-0.25, -0.2) is 0 Å². The smallest absolute Gasteiger partial charge is 0.366 e. The lowest BCUT2D eigenvalue weighted by Gasteiger charge is -2.41. The highest BCUT2D eigenvalue weighted by atomic mass is 32.1. The first-order chi connectivity index (χ1) is 19.2. The lowest BCUT2D eigenvalue weighted by Crippen LogP contribution is -2.46. The number of carbonyl (C=O) groups is 1. The van der Waals surface area contributed by atoms with Crippen LogP contribution in [0.4, 0.5) is 18.9 Å². The number of nitrogens with one attached hydrogen (secondary N) is 3. The predicted molar refractivity (Wildman–Crippen MR) is 153 cm³/mol. The highest BCUT2D eigenvalue weighted by Crippen LogP contribution is 2.48. The number of allylic oxidation sites excluding steroid dienone is 1. The van der Waals surface area contributed by atoms with Gasteiger partial charge >= 0.3 is 6.18 Å². The predicted octanol–water partition coefficient (Wildman–Crippen LogP) is 6.23. The number of hydrogen-bond donors (Lipinski definition) is 3. The fraction of sp³-hybridized carbons (Fsp3) is 0.433. The molecular weight excluding hydrogens is 535 g/mol. The van der Waals surface area contributed by atoms with E-state index >= 15 is 0 Å². The number of rotatable bonds is 6. The van der Waals surface area contributed by atoms with Gasteiger partial charge in [-0.15, -0.1) is 11.3 Å². The summed E-state index contributed by atoms with van der Waals surface area (Å²) < 4.78 is 43.2. The minimum absolute atomic E-state index is 0.192. The molecule has 10 heteroatoms. The molecule has 1 amide bonds. The number of aryl methyl sites for hydroxylation is 1. The first-order valence-corrected chi connectivity index (χ1v) is 14.6. The van der Waals surface area contributed by atoms with Crippen LogP contribution in [-0.2, 0) is 23.9 Å². The van der Waals surface area contributed by atoms with Crippen molar-refractivity contribution in [1.82, 2.24) is 15.6 Å². The molecule has 6 nitrogen and oxygen atoms in total. The molecule has 0 radical (unpaired) electrons. The fourth-order valence-corrected chi connectivity index (χ4v) is 7.52. The third kappa shape index (κ3) is 4.92. The summed E-state index contributed by atoms with van der Waals surface area (Å²) in [7, 11) is 0. The van der Waals surface area contributed by atoms with Gasteiger partial charge in [-0.1, -0.05) is 0 Å². The topological polar surface area (TPSA) is 81.1 Å². The van der Waals surface area contributed by atoms with E-state index in [0.717, 1.165) is 58.5 Å². The molecule has 1 unspecified atom stereocenters. The van der Waals surface area contributed by atoms with E-state index in [2.05, 4.69) is 20.5 Å². The molecule has 3 aromatic rings. The van der Waals surface area contributed by atoms with Crippen molar-refractivity contribution in [3.05, 3.63) is 58.1 Å². The van der Waals surface area contributed by atoms with Gasteiger partial charge < -0.3 is 20.9 Å². The second-order valence-corrected chi connectivity index (χ2v) is 12.3. The monoisotopic (exact) mass is 567 g/mol. The Kier molecular flexibility index (Phi) is 6.94. The van der Waals surface area contributed by atoms with Crippen molar-refractivity contribution in [3.63, 3.8) is 0 Å². The Morgan fingerprint density at radius 2 is 2.10 bits per heavy atom. The van der Waals surface area contributed by atoms with Crippen molar-refractivity contribution < 1.29 is 18.0 Å². The number of nitrogens with zero attached hydrogens (tertiary/aromatic N) is 2. The molecule has 1 aromatic carbocycles. The summed E-state index contributed by atoms with van der Waals surface area (Å²) in [5, 5.41) is 13.7. The highest BCUT2D eigenvalue weighted by molar-refractivity contribution is 7.19. The van der Waals surface area contributed by atoms with Gasteiger partial charge in [0.25, 0.3) is 0 Å². The van der Waals surface area contributed by atoms with Crippen LogP contribution in [0, 0.1) is 5.41 Å². The normalized spacial score (nSPS) is 20.4. The summed E-state index contributed by atoms with van der Waals surface area (Å²) in [6.07, 6.45) is 5.73. The van der Waals surface area contributed by atoms with Crippen LogP contribution in [0.5, 0.6) is 0 Å². The molecule has 6 rings (SSSR count). The van der Waals surface area contributed by atoms with Crippen LogP contribution in [0.1, 0.15) is 55.0 Å². The van der Waals surface area contributed by atoms with Crippen LogP contribution >= 0.6 is 11.3 Å². The third-order valence-corrected chi connectivity index (χ3v) is 9.76. The second kappa shape index (κ2) is 10.3. The maximum atomic E-state index is 14.1. The van der Waals surface area contributed by atoms with Crippen molar-refractivity contribution in [2.75, 3.05) is 18.0 Å². The van der Waals surface area contributed by atoms with E-state index in [-0.39, 0.29) is 24.0 Å². The molecule has 3 aliphatic rings. The Morgan fingerprint density at radius 1 is 1.27 bits per heavy atom. The van der Waals surface area contributed by atoms with Crippen molar-refractivity contribution >= 4 is 39.4 Å². The molecule has 0 bridgehead atoms. The van der Waals surface area contributed by atoms with Crippen LogP contribution in [0.25, 0.3) is 21.3 Å². The molecule has 3 N–H and O–H groups in total. The number of alkyl halides is 3. The standard InChI is InChI=1S/C30H32F3N5OS/c1-18(5-9-34)28(39)36-17-22-14-25-27(40-22)23(6-10-35-25)24-13-20(30(31,32)33)12-19-4-2-11-38(26(19)24)21-15-29(37-16-21)7-3-8-29/h5-6,9-10,12-14,21,34,37H,2-4,7-8,11,15-17H2,1H3,(H,36,39)/b18-5-,34-9?. The number of fused-ring (bicyclic) bond motifs is 2. The molecular formula is C30H32F3N5OS. The van der Waals surface area contributed by atoms with E-state index in [1.165, 1.54) is 48.8 Å². The molecule has 2 fully saturated rings. The quantitative estimate of drug-likeness (QED) is 0.244. The summed E-state index contributed by atoms with van der Waals surface area (Å²) in [6.45, 7) is 3.58. The van der Waals surface area contributed by atoms with Crippen LogP contribution < -0.4 is 15.5 Å². The van der Waals surface area contributed by atoms with Crippen molar-refractivity contribution in [2.45, 2.75) is 69.8 Å². The van der Waals surface area contributed by atoms with Gasteiger partial charge in [-0.2, -0.15) is 13.2 Å². The van der Waals surface area contributed by atoms with Crippen LogP contribution in [-0.4, -0.2) is 41.8 Å². The molecule has 2 aliphatic heterocycles. The molecule has 1 atom stereocenters. The fourth-order valence-electron chi connectivity index (χ4n) is 6.44. The third-order valence-electron chi connectivity index (χ3n) is 8.61. The summed E-state index contributed by atoms with van der Waals surface area (Å²) in [5.74, 6) is -0.272. The number of aromatic nitrogens is 1. The maximum Gasteiger partial charge on any atom is 0.416 e. The number of anilines is 1. The van der Waals surface area contributed by atoms with E-state index in [1.807, 2.05) is 12.1 Å². The molecule has 40 heavy (non-hydrogen) atoms. The number of thiophene rings is 1. The zero-order valence-electron chi connectivity index (χ0n) is 22.3. The van der Waals surface area contributed by atoms with E-state index in [4.69, 9.17) is 5.41 Å². The van der Waals surface area contributed by atoms with E-state index in [9.17, 15) is 18.0 Å². The van der Waals surface area contributed by atoms with Crippen LogP contribution in [0.2, 0.25) is 0 Å². The molecule has 1 saturated heterocycles. The number of halogens is 3. The summed E-state index contributed by atoms with van der Waals surface area (Å²) in [4.78, 5) is 20.1. The van der Waals surface area contributed by atoms with Crippen molar-refractivity contribution in [3.8, 4) is 11.1 Å². The molecule has 1 spiro atoms. The SMILES string of the molecule is C/C(=C/C=N)C(=O)NCc1cc2nccc(-c3cc(C(F)(F)F)cc4c3N(C3CNC5(CCC5)C3)CCC4)c2s1. The van der Waals surface area contributed by atoms with Crippen molar-refractivity contribution in [2.24, 2.45) is 0 Å². The van der Waals surface area contributed by atoms with Crippen LogP contribution in [0.15, 0.2) is 42.1 Å². The lowest BCUT2D eigenvalue weighted by atomic mass is 9.75. The number of carbonyl (C=O) groups excluding carboxylic acids is 1.